The average molecular weight is 1940 g/mol. The number of para-hydroxylation sites is 8. The molecule has 0 aliphatic rings. The van der Waals surface area contributed by atoms with Crippen molar-refractivity contribution in [1.82, 2.24) is 9.13 Å². The minimum Gasteiger partial charge on any atom is -0.311 e. The van der Waals surface area contributed by atoms with E-state index in [-0.39, 0.29) is 0 Å². The highest BCUT2D eigenvalue weighted by Crippen LogP contribution is 2.49. The second-order valence-electron chi connectivity index (χ2n) is 41.1. The van der Waals surface area contributed by atoms with Gasteiger partial charge in [-0.3, -0.25) is 0 Å². The summed E-state index contributed by atoms with van der Waals surface area (Å²) in [5.41, 5.74) is 28.4. The van der Waals surface area contributed by atoms with Crippen LogP contribution in [0, 0.1) is 0 Å². The Morgan fingerprint density at radius 3 is 0.800 bits per heavy atom. The number of anilines is 6. The Morgan fingerprint density at radius 2 is 0.440 bits per heavy atom. The van der Waals surface area contributed by atoms with Crippen molar-refractivity contribution in [1.29, 1.82) is 0 Å². The Kier molecular flexibility index (Phi) is 29.2. The second kappa shape index (κ2) is 44.5. The second-order valence-corrected chi connectivity index (χ2v) is 41.1. The molecule has 2 heterocycles. The molecule has 0 bridgehead atoms. The Hall–Kier alpha value is -17.4. The van der Waals surface area contributed by atoms with Crippen LogP contribution in [0.5, 0.6) is 0 Å². The Labute approximate surface area is 883 Å². The van der Waals surface area contributed by atoms with Gasteiger partial charge in [0.15, 0.2) is 0 Å². The molecular weight excluding hydrogens is 1810 g/mol. The fraction of sp³-hybridized carbons (Fsp3) is 0.123. The number of fused-ring (bicyclic) bond motifs is 14. The lowest BCUT2D eigenvalue weighted by atomic mass is 9.84. The molecule has 26 rings (SSSR count). The topological polar surface area (TPSA) is 16.3 Å². The summed E-state index contributed by atoms with van der Waals surface area (Å²) in [6.07, 6.45) is 0. The monoisotopic (exact) mass is 1940 g/mol. The maximum atomic E-state index is 2.47. The maximum Gasteiger partial charge on any atom is 0.0619 e. The molecule has 0 N–H and O–H groups in total. The molecule has 0 aliphatic carbocycles. The van der Waals surface area contributed by atoms with Crippen LogP contribution in [-0.4, -0.2) is 9.13 Å². The highest BCUT2D eigenvalue weighted by atomic mass is 15.1. The number of hydrogen-bond donors (Lipinski definition) is 0. The summed E-state index contributed by atoms with van der Waals surface area (Å²) in [6, 6.07) is 187. The maximum absolute atomic E-state index is 2.47. The van der Waals surface area contributed by atoms with Gasteiger partial charge in [0.05, 0.1) is 33.4 Å². The first kappa shape index (κ1) is 98.6. The third-order valence-corrected chi connectivity index (χ3v) is 29.6. The summed E-state index contributed by atoms with van der Waals surface area (Å²) in [7, 11) is 0. The zero-order valence-corrected chi connectivity index (χ0v) is 87.9. The average Bonchev–Trinajstić information content (AvgIpc) is 1.50. The normalized spacial score (nSPS) is 11.4. The van der Waals surface area contributed by atoms with Gasteiger partial charge in [-0.15, -0.1) is 0 Å². The molecule has 26 aromatic rings. The molecule has 0 amide bonds. The first-order chi connectivity index (χ1) is 73.5. The van der Waals surface area contributed by atoms with E-state index in [4.69, 9.17) is 0 Å². The molecule has 0 radical (unpaired) electrons. The molecule has 4 heteroatoms. The molecule has 0 aliphatic heterocycles. The first-order valence-corrected chi connectivity index (χ1v) is 53.4. The molecule has 0 unspecified atom stereocenters. The van der Waals surface area contributed by atoms with Crippen LogP contribution < -0.4 is 9.80 Å². The van der Waals surface area contributed by atoms with Crippen molar-refractivity contribution in [3.05, 3.63) is 555 Å². The number of aromatic nitrogens is 2. The third kappa shape index (κ3) is 19.8. The van der Waals surface area contributed by atoms with Crippen LogP contribution in [0.25, 0.3) is 163 Å². The van der Waals surface area contributed by atoms with Gasteiger partial charge in [-0.25, -0.2) is 0 Å². The van der Waals surface area contributed by atoms with Crippen molar-refractivity contribution in [2.24, 2.45) is 0 Å². The fourth-order valence-corrected chi connectivity index (χ4v) is 22.7. The van der Waals surface area contributed by atoms with E-state index in [9.17, 15) is 0 Å². The Balaban J connectivity index is 0.000000105. The van der Waals surface area contributed by atoms with E-state index < -0.39 is 0 Å². The lowest BCUT2D eigenvalue weighted by Gasteiger charge is -2.27. The fourth-order valence-electron chi connectivity index (χ4n) is 22.7. The molecule has 24 aromatic carbocycles. The summed E-state index contributed by atoms with van der Waals surface area (Å²) >= 11 is 0. The smallest absolute Gasteiger partial charge is 0.0619 e. The summed E-state index contributed by atoms with van der Waals surface area (Å²) in [5, 5.41) is 26.6. The zero-order chi connectivity index (χ0) is 103. The van der Waals surface area contributed by atoms with Crippen LogP contribution >= 0.6 is 0 Å². The summed E-state index contributed by atoms with van der Waals surface area (Å²) in [5.74, 6) is 3.03. The van der Waals surface area contributed by atoms with Crippen LogP contribution in [0.4, 0.5) is 34.1 Å². The highest BCUT2D eigenvalue weighted by Gasteiger charge is 2.26. The predicted octanol–water partition coefficient (Wildman–Crippen LogP) is 42.6. The van der Waals surface area contributed by atoms with Crippen LogP contribution in [0.15, 0.2) is 522 Å². The van der Waals surface area contributed by atoms with Crippen molar-refractivity contribution >= 4 is 164 Å². The molecule has 4 nitrogen and oxygen atoms in total. The third-order valence-electron chi connectivity index (χ3n) is 29.6. The molecule has 0 atom stereocenters. The quantitative estimate of drug-likeness (QED) is 0.0897. The van der Waals surface area contributed by atoms with Gasteiger partial charge in [0.2, 0.25) is 0 Å². The van der Waals surface area contributed by atoms with Crippen molar-refractivity contribution in [3.8, 4) is 33.6 Å². The first-order valence-electron chi connectivity index (χ1n) is 53.4. The van der Waals surface area contributed by atoms with Crippen LogP contribution in [0.1, 0.15) is 152 Å². The van der Waals surface area contributed by atoms with E-state index in [1.165, 1.54) is 231 Å². The molecule has 2 aromatic heterocycles. The predicted molar refractivity (Wildman–Crippen MR) is 652 cm³/mol. The summed E-state index contributed by atoms with van der Waals surface area (Å²) in [6.45, 7) is 27.2. The molecule has 150 heavy (non-hydrogen) atoms. The molecule has 0 saturated heterocycles. The van der Waals surface area contributed by atoms with E-state index in [1.54, 1.807) is 0 Å². The Morgan fingerprint density at radius 1 is 0.167 bits per heavy atom. The van der Waals surface area contributed by atoms with Crippen LogP contribution in [0.2, 0.25) is 0 Å². The number of nitrogens with zero attached hydrogens (tertiary/aromatic N) is 4. The van der Waals surface area contributed by atoms with Gasteiger partial charge in [-0.1, -0.05) is 496 Å². The summed E-state index contributed by atoms with van der Waals surface area (Å²) < 4.78 is 4.83. The lowest BCUT2D eigenvalue weighted by molar-refractivity contribution is 0.866. The molecule has 0 saturated carbocycles. The lowest BCUT2D eigenvalue weighted by Crippen LogP contribution is -2.10. The van der Waals surface area contributed by atoms with Crippen molar-refractivity contribution in [3.63, 3.8) is 0 Å². The largest absolute Gasteiger partial charge is 0.311 e. The van der Waals surface area contributed by atoms with Crippen molar-refractivity contribution in [2.75, 3.05) is 9.80 Å². The van der Waals surface area contributed by atoms with E-state index >= 15 is 0 Å². The van der Waals surface area contributed by atoms with Crippen LogP contribution in [-0.2, 0) is 0 Å². The van der Waals surface area contributed by atoms with Crippen molar-refractivity contribution in [2.45, 2.75) is 119 Å². The van der Waals surface area contributed by atoms with Gasteiger partial charge in [-0.2, -0.15) is 0 Å². The van der Waals surface area contributed by atoms with E-state index in [0.717, 1.165) is 0 Å². The minimum atomic E-state index is 0.451. The molecule has 732 valence electrons. The number of hydrogen-bond acceptors (Lipinski definition) is 2. The van der Waals surface area contributed by atoms with Gasteiger partial charge in [0, 0.05) is 71.8 Å². The van der Waals surface area contributed by atoms with E-state index in [1.807, 2.05) is 0 Å². The van der Waals surface area contributed by atoms with Crippen molar-refractivity contribution < 1.29 is 0 Å². The van der Waals surface area contributed by atoms with Crippen LogP contribution in [0.3, 0.4) is 0 Å². The van der Waals surface area contributed by atoms with E-state index in [2.05, 4.69) is 624 Å². The minimum absolute atomic E-state index is 0.451. The summed E-state index contributed by atoms with van der Waals surface area (Å²) in [4.78, 5) is 4.62. The van der Waals surface area contributed by atoms with Gasteiger partial charge < -0.3 is 18.9 Å². The number of benzene rings is 24. The Bertz CT molecular complexity index is 8880. The SMILES string of the molecule is CC(C)c1c2ccccc2c(-c2ccc3ccccc3c2)c2ccccc12.CC(C)c1c2ccccc2c(-c2ccccc2)c2ccccc12.CC(C)c1c2ccccc2c(-n2c3ccccc3c3ccccc32)c2ccccc12.CC(C)c1ccc(-n2c3ccccc3c3ccccc32)cc1.CC(C)c1ccc(N(c2ccccc2)c2ccccc2)c2ccccc12.CC(C)c1ccc(N(c2ccccc2)c2ccccc2)cc1. The van der Waals surface area contributed by atoms with Gasteiger partial charge in [-0.05, 0) is 270 Å². The highest BCUT2D eigenvalue weighted by molar-refractivity contribution is 6.20. The van der Waals surface area contributed by atoms with Gasteiger partial charge in [0.25, 0.3) is 0 Å². The molecule has 0 fully saturated rings. The van der Waals surface area contributed by atoms with Gasteiger partial charge >= 0.3 is 0 Å². The molecular formula is C146H128N4. The standard InChI is InChI=1S/C29H23N.C27H22.C25H23N.C23H20.C21H19N.C21H21N/c1-19(2)28-22-13-3-5-15-24(22)29(25-16-6-4-14-23(25)28)30-26-17-9-7-11-20(26)21-12-8-10-18-27(21)30;1-18(2)26-22-11-5-7-13-24(22)27(25-14-8-6-12-23(25)26)21-16-15-19-9-3-4-10-20(19)17-21;1-19(2)22-17-18-25(24-16-10-9-15-23(22)24)26(20-11-5-3-6-12-20)21-13-7-4-8-14-21;1-16(2)22-18-12-6-8-14-20(18)23(17-10-4-3-5-11-17)21-15-9-7-13-19(21)22;1-15(2)16-11-13-17(14-12-16)22-20-9-5-3-7-18(20)19-8-4-6-10-21(19)22;1-17(2)18-13-15-21(16-14-18)22(19-9-5-3-6-10-19)20-11-7-4-8-12-20/h3-19H,1-2H3;3-18H,1-2H3;3-19H,1-2H3;3-16H,1-2H3;3-15H,1-2H3;3-17H,1-2H3. The zero-order valence-electron chi connectivity index (χ0n) is 87.9. The van der Waals surface area contributed by atoms with Gasteiger partial charge in [0.1, 0.15) is 0 Å². The van der Waals surface area contributed by atoms with E-state index in [0.29, 0.717) is 35.5 Å². The molecule has 0 spiro atoms. The number of rotatable bonds is 16.